The van der Waals surface area contributed by atoms with Crippen LogP contribution in [0.4, 0.5) is 11.4 Å². The number of aryl methyl sites for hydroxylation is 1. The van der Waals surface area contributed by atoms with E-state index in [4.69, 9.17) is 10.8 Å². The molecule has 0 saturated carbocycles. The van der Waals surface area contributed by atoms with Crippen LogP contribution in [-0.4, -0.2) is 30.6 Å². The molecular weight excluding hydrogens is 508 g/mol. The fourth-order valence-corrected chi connectivity index (χ4v) is 4.07. The van der Waals surface area contributed by atoms with Crippen LogP contribution in [0.15, 0.2) is 75.7 Å². The van der Waals surface area contributed by atoms with Gasteiger partial charge in [-0.15, -0.1) is 0 Å². The summed E-state index contributed by atoms with van der Waals surface area (Å²) in [6, 6.07) is 21.0. The monoisotopic (exact) mass is 532 g/mol. The number of nitrogens with zero attached hydrogens (tertiary/aromatic N) is 1. The molecule has 0 aliphatic carbocycles. The lowest BCUT2D eigenvalue weighted by Gasteiger charge is -2.22. The number of nitrogen functional groups attached to an aromatic ring is 1. The van der Waals surface area contributed by atoms with Gasteiger partial charge in [0.2, 0.25) is 0 Å². The maximum absolute atomic E-state index is 12.2. The van der Waals surface area contributed by atoms with Crippen LogP contribution in [-0.2, 0) is 0 Å². The minimum Gasteiger partial charge on any atom is -0.397 e. The molecule has 30 heavy (non-hydrogen) atoms. The number of halogens is 2. The lowest BCUT2D eigenvalue weighted by molar-refractivity contribution is 0.103. The van der Waals surface area contributed by atoms with Crippen molar-refractivity contribution in [3.05, 3.63) is 92.4 Å². The molecule has 3 aromatic carbocycles. The Bertz CT molecular complexity index is 955. The molecule has 0 radical (unpaired) electrons. The number of aliphatic hydroxyl groups is 1. The maximum atomic E-state index is 12.2. The van der Waals surface area contributed by atoms with Crippen molar-refractivity contribution in [2.24, 2.45) is 0 Å². The highest BCUT2D eigenvalue weighted by Gasteiger charge is 2.12. The summed E-state index contributed by atoms with van der Waals surface area (Å²) < 4.78 is 1.43. The van der Waals surface area contributed by atoms with Crippen molar-refractivity contribution in [3.63, 3.8) is 0 Å². The third kappa shape index (κ3) is 6.69. The van der Waals surface area contributed by atoms with E-state index in [2.05, 4.69) is 68.8 Å². The number of anilines is 2. The molecule has 0 spiro atoms. The van der Waals surface area contributed by atoms with E-state index < -0.39 is 0 Å². The number of carbonyl (C=O) groups is 1. The Morgan fingerprint density at radius 3 is 2.13 bits per heavy atom. The third-order valence-electron chi connectivity index (χ3n) is 4.50. The lowest BCUT2D eigenvalue weighted by atomic mass is 10.0. The van der Waals surface area contributed by atoms with Gasteiger partial charge in [-0.25, -0.2) is 0 Å². The molecule has 0 saturated heterocycles. The Kier molecular flexibility index (Phi) is 9.56. The van der Waals surface area contributed by atoms with Crippen LogP contribution in [0, 0.1) is 6.92 Å². The zero-order valence-corrected chi connectivity index (χ0v) is 20.3. The zero-order chi connectivity index (χ0) is 22.1. The molecule has 158 valence electrons. The van der Waals surface area contributed by atoms with Gasteiger partial charge in [-0.2, -0.15) is 0 Å². The van der Waals surface area contributed by atoms with Gasteiger partial charge in [-0.3, -0.25) is 4.79 Å². The van der Waals surface area contributed by atoms with Gasteiger partial charge in [0, 0.05) is 38.8 Å². The van der Waals surface area contributed by atoms with Gasteiger partial charge in [-0.1, -0.05) is 42.5 Å². The summed E-state index contributed by atoms with van der Waals surface area (Å²) in [5.74, 6) is -0.0213. The quantitative estimate of drug-likeness (QED) is 0.308. The van der Waals surface area contributed by atoms with Gasteiger partial charge >= 0.3 is 0 Å². The number of hydrogen-bond donors (Lipinski definition) is 2. The van der Waals surface area contributed by atoms with E-state index >= 15 is 0 Å². The van der Waals surface area contributed by atoms with E-state index in [1.165, 1.54) is 11.3 Å². The summed E-state index contributed by atoms with van der Waals surface area (Å²) in [6.45, 7) is 6.03. The molecule has 3 rings (SSSR count). The number of carbonyl (C=O) groups excluding carboxylic acids is 1. The fraction of sp³-hybridized carbons (Fsp3) is 0.208. The van der Waals surface area contributed by atoms with Crippen molar-refractivity contribution < 1.29 is 9.90 Å². The van der Waals surface area contributed by atoms with Crippen LogP contribution in [0.25, 0.3) is 0 Å². The zero-order valence-electron chi connectivity index (χ0n) is 17.1. The maximum Gasteiger partial charge on any atom is 0.193 e. The summed E-state index contributed by atoms with van der Waals surface area (Å²) >= 11 is 6.66. The van der Waals surface area contributed by atoms with Crippen molar-refractivity contribution in [3.8, 4) is 0 Å². The van der Waals surface area contributed by atoms with E-state index in [9.17, 15) is 4.79 Å². The molecule has 0 amide bonds. The fourth-order valence-electron chi connectivity index (χ4n) is 2.89. The van der Waals surface area contributed by atoms with Gasteiger partial charge < -0.3 is 15.7 Å². The normalized spacial score (nSPS) is 10.2. The second-order valence-corrected chi connectivity index (χ2v) is 8.40. The molecule has 0 heterocycles. The highest BCUT2D eigenvalue weighted by atomic mass is 79.9. The molecule has 0 aliphatic rings. The summed E-state index contributed by atoms with van der Waals surface area (Å²) in [4.78, 5) is 14.3. The Morgan fingerprint density at radius 2 is 1.60 bits per heavy atom. The summed E-state index contributed by atoms with van der Waals surface area (Å²) in [6.07, 6.45) is 0. The average molecular weight is 534 g/mol. The number of aliphatic hydroxyl groups excluding tert-OH is 1. The van der Waals surface area contributed by atoms with Crippen LogP contribution < -0.4 is 10.6 Å². The van der Waals surface area contributed by atoms with E-state index in [1.807, 2.05) is 24.3 Å². The second-order valence-electron chi connectivity index (χ2n) is 6.69. The summed E-state index contributed by atoms with van der Waals surface area (Å²) in [5, 5.41) is 8.86. The number of benzene rings is 3. The van der Waals surface area contributed by atoms with Gasteiger partial charge in [-0.05, 0) is 75.5 Å². The largest absolute Gasteiger partial charge is 0.397 e. The van der Waals surface area contributed by atoms with Crippen LogP contribution in [0.5, 0.6) is 0 Å². The SMILES string of the molecule is CCN(CCO)c1cccc(C)c1.Nc1c(Br)cc(C(=O)c2ccccc2)cc1Br. The first kappa shape index (κ1) is 24.1. The first-order valence-corrected chi connectivity index (χ1v) is 11.2. The summed E-state index contributed by atoms with van der Waals surface area (Å²) in [5.41, 5.74) is 10.1. The predicted octanol–water partition coefficient (Wildman–Crippen LogP) is 5.84. The number of rotatable bonds is 6. The summed E-state index contributed by atoms with van der Waals surface area (Å²) in [7, 11) is 0. The lowest BCUT2D eigenvalue weighted by Crippen LogP contribution is -2.26. The molecule has 0 aromatic heterocycles. The highest BCUT2D eigenvalue weighted by molar-refractivity contribution is 9.11. The molecule has 4 nitrogen and oxygen atoms in total. The van der Waals surface area contributed by atoms with Crippen molar-refractivity contribution in [1.82, 2.24) is 0 Å². The number of ketones is 1. The van der Waals surface area contributed by atoms with E-state index in [0.717, 1.165) is 6.54 Å². The van der Waals surface area contributed by atoms with Crippen LogP contribution in [0.1, 0.15) is 28.4 Å². The average Bonchev–Trinajstić information content (AvgIpc) is 2.76. The molecule has 0 bridgehead atoms. The van der Waals surface area contributed by atoms with Crippen molar-refractivity contribution >= 4 is 49.0 Å². The minimum atomic E-state index is -0.0213. The van der Waals surface area contributed by atoms with Crippen LogP contribution in [0.2, 0.25) is 0 Å². The highest BCUT2D eigenvalue weighted by Crippen LogP contribution is 2.30. The predicted molar refractivity (Wildman–Crippen MR) is 132 cm³/mol. The van der Waals surface area contributed by atoms with Crippen molar-refractivity contribution in [2.45, 2.75) is 13.8 Å². The Morgan fingerprint density at radius 1 is 0.967 bits per heavy atom. The second kappa shape index (κ2) is 11.9. The molecule has 0 unspecified atom stereocenters. The molecule has 0 fully saturated rings. The van der Waals surface area contributed by atoms with Crippen LogP contribution >= 0.6 is 31.9 Å². The Balaban J connectivity index is 0.000000222. The molecule has 3 aromatic rings. The molecule has 0 aliphatic heterocycles. The standard InChI is InChI=1S/C13H9Br2NO.C11H17NO/c14-10-6-9(7-11(15)12(10)16)13(17)8-4-2-1-3-5-8;1-3-12(7-8-13)11-6-4-5-10(2)9-11/h1-7H,16H2;4-6,9,13H,3,7-8H2,1-2H3. The Hall–Kier alpha value is -2.15. The van der Waals surface area contributed by atoms with Crippen molar-refractivity contribution in [1.29, 1.82) is 0 Å². The van der Waals surface area contributed by atoms with E-state index in [1.54, 1.807) is 24.3 Å². The van der Waals surface area contributed by atoms with Gasteiger partial charge in [0.25, 0.3) is 0 Å². The first-order valence-electron chi connectivity index (χ1n) is 9.64. The van der Waals surface area contributed by atoms with Crippen molar-refractivity contribution in [2.75, 3.05) is 30.3 Å². The smallest absolute Gasteiger partial charge is 0.193 e. The van der Waals surface area contributed by atoms with Gasteiger partial charge in [0.1, 0.15) is 0 Å². The third-order valence-corrected chi connectivity index (χ3v) is 5.81. The number of nitrogens with two attached hydrogens (primary N) is 1. The molecule has 0 atom stereocenters. The minimum absolute atomic E-state index is 0.0213. The molecule has 3 N–H and O–H groups in total. The molecular formula is C24H26Br2N2O2. The first-order chi connectivity index (χ1) is 14.4. The van der Waals surface area contributed by atoms with E-state index in [0.29, 0.717) is 32.3 Å². The Labute approximate surface area is 195 Å². The van der Waals surface area contributed by atoms with Gasteiger partial charge in [0.15, 0.2) is 5.78 Å². The topological polar surface area (TPSA) is 66.6 Å². The van der Waals surface area contributed by atoms with Gasteiger partial charge in [0.05, 0.1) is 12.3 Å². The number of likely N-dealkylation sites (N-methyl/N-ethyl adjacent to an activating group) is 1. The molecule has 6 heteroatoms. The number of hydrogen-bond acceptors (Lipinski definition) is 4. The van der Waals surface area contributed by atoms with E-state index in [-0.39, 0.29) is 12.4 Å². The van der Waals surface area contributed by atoms with Crippen LogP contribution in [0.3, 0.4) is 0 Å².